The maximum atomic E-state index is 12.1. The van der Waals surface area contributed by atoms with Crippen molar-refractivity contribution in [2.24, 2.45) is 5.73 Å². The predicted molar refractivity (Wildman–Crippen MR) is 120 cm³/mol. The Bertz CT molecular complexity index is 1220. The van der Waals surface area contributed by atoms with Gasteiger partial charge in [0.25, 0.3) is 0 Å². The number of aryl methyl sites for hydroxylation is 3. The molecule has 0 saturated carbocycles. The number of amides is 1. The number of fused-ring (bicyclic) bond motifs is 3. The number of nitrogens with zero attached hydrogens (tertiary/aromatic N) is 1. The van der Waals surface area contributed by atoms with E-state index in [0.29, 0.717) is 5.56 Å². The second-order valence-electron chi connectivity index (χ2n) is 7.95. The van der Waals surface area contributed by atoms with Crippen LogP contribution >= 0.6 is 0 Å². The summed E-state index contributed by atoms with van der Waals surface area (Å²) in [5, 5.41) is 1.88. The fourth-order valence-corrected chi connectivity index (χ4v) is 4.14. The van der Waals surface area contributed by atoms with Gasteiger partial charge in [-0.3, -0.25) is 4.79 Å². The molecule has 0 aliphatic heterocycles. The van der Waals surface area contributed by atoms with Crippen molar-refractivity contribution >= 4 is 27.7 Å². The molecule has 0 unspecified atom stereocenters. The molecule has 0 atom stereocenters. The van der Waals surface area contributed by atoms with E-state index in [2.05, 4.69) is 67.8 Å². The number of nitrogens with two attached hydrogens (primary N) is 1. The summed E-state index contributed by atoms with van der Waals surface area (Å²) in [6.45, 7) is 7.23. The zero-order chi connectivity index (χ0) is 20.5. The lowest BCUT2D eigenvalue weighted by molar-refractivity contribution is 0.100. The van der Waals surface area contributed by atoms with Gasteiger partial charge in [0.1, 0.15) is 0 Å². The molecule has 3 heteroatoms. The molecule has 0 aliphatic rings. The van der Waals surface area contributed by atoms with Crippen molar-refractivity contribution in [3.63, 3.8) is 0 Å². The normalized spacial score (nSPS) is 11.4. The number of rotatable bonds is 6. The fraction of sp³-hybridized carbons (Fsp3) is 0.269. The van der Waals surface area contributed by atoms with Crippen LogP contribution in [0.2, 0.25) is 0 Å². The second-order valence-corrected chi connectivity index (χ2v) is 7.95. The third-order valence-electron chi connectivity index (χ3n) is 5.77. The zero-order valence-electron chi connectivity index (χ0n) is 17.4. The third kappa shape index (κ3) is 3.53. The minimum Gasteiger partial charge on any atom is -0.366 e. The lowest BCUT2D eigenvalue weighted by Gasteiger charge is -2.12. The Labute approximate surface area is 172 Å². The molecule has 1 amide bonds. The van der Waals surface area contributed by atoms with Crippen molar-refractivity contribution in [2.45, 2.75) is 46.6 Å². The van der Waals surface area contributed by atoms with Gasteiger partial charge in [0.2, 0.25) is 5.91 Å². The SMILES string of the molecule is CCCCc1c[c]c2c3c(C(N)=O)cccc3n(Cc3cc(C)ccc3C)c2c1. The van der Waals surface area contributed by atoms with Crippen LogP contribution in [0.15, 0.2) is 48.5 Å². The molecule has 147 valence electrons. The zero-order valence-corrected chi connectivity index (χ0v) is 17.4. The van der Waals surface area contributed by atoms with Gasteiger partial charge in [-0.05, 0) is 67.6 Å². The van der Waals surface area contributed by atoms with Gasteiger partial charge >= 0.3 is 0 Å². The molecule has 3 nitrogen and oxygen atoms in total. The Balaban J connectivity index is 1.99. The van der Waals surface area contributed by atoms with Crippen LogP contribution in [-0.2, 0) is 13.0 Å². The van der Waals surface area contributed by atoms with E-state index >= 15 is 0 Å². The van der Waals surface area contributed by atoms with Crippen LogP contribution in [0, 0.1) is 19.9 Å². The van der Waals surface area contributed by atoms with Crippen molar-refractivity contribution < 1.29 is 4.79 Å². The molecule has 2 N–H and O–H groups in total. The maximum Gasteiger partial charge on any atom is 0.249 e. The second kappa shape index (κ2) is 7.75. The number of carbonyl (C=O) groups is 1. The van der Waals surface area contributed by atoms with Gasteiger partial charge in [-0.2, -0.15) is 0 Å². The molecular formula is C26H27N2O. The van der Waals surface area contributed by atoms with Crippen LogP contribution < -0.4 is 5.73 Å². The molecule has 4 rings (SSSR count). The summed E-state index contributed by atoms with van der Waals surface area (Å²) in [5.41, 5.74) is 13.5. The Kier molecular flexibility index (Phi) is 5.14. The molecule has 29 heavy (non-hydrogen) atoms. The third-order valence-corrected chi connectivity index (χ3v) is 5.77. The predicted octanol–water partition coefficient (Wildman–Crippen LogP) is 5.70. The summed E-state index contributed by atoms with van der Waals surface area (Å²) in [6, 6.07) is 20.2. The van der Waals surface area contributed by atoms with Crippen LogP contribution in [0.25, 0.3) is 21.8 Å². The molecule has 1 aromatic heterocycles. The van der Waals surface area contributed by atoms with Crippen LogP contribution in [0.5, 0.6) is 0 Å². The van der Waals surface area contributed by atoms with Gasteiger partial charge in [-0.15, -0.1) is 0 Å². The summed E-state index contributed by atoms with van der Waals surface area (Å²) in [7, 11) is 0. The molecular weight excluding hydrogens is 356 g/mol. The van der Waals surface area contributed by atoms with Crippen LogP contribution in [0.4, 0.5) is 0 Å². The molecule has 0 bridgehead atoms. The van der Waals surface area contributed by atoms with Crippen molar-refractivity contribution in [3.8, 4) is 0 Å². The van der Waals surface area contributed by atoms with Gasteiger partial charge in [0.15, 0.2) is 0 Å². The Morgan fingerprint density at radius 2 is 1.93 bits per heavy atom. The molecule has 4 aromatic rings. The van der Waals surface area contributed by atoms with E-state index in [1.807, 2.05) is 12.1 Å². The number of primary amides is 1. The fourth-order valence-electron chi connectivity index (χ4n) is 4.14. The maximum absolute atomic E-state index is 12.1. The topological polar surface area (TPSA) is 48.0 Å². The van der Waals surface area contributed by atoms with E-state index in [0.717, 1.165) is 47.6 Å². The first-order valence-corrected chi connectivity index (χ1v) is 10.3. The van der Waals surface area contributed by atoms with E-state index in [9.17, 15) is 4.79 Å². The van der Waals surface area contributed by atoms with Crippen molar-refractivity contribution in [1.29, 1.82) is 0 Å². The summed E-state index contributed by atoms with van der Waals surface area (Å²) in [5.74, 6) is -0.398. The first kappa shape index (κ1) is 19.3. The van der Waals surface area contributed by atoms with Crippen LogP contribution in [-0.4, -0.2) is 10.5 Å². The first-order chi connectivity index (χ1) is 14.0. The number of aromatic nitrogens is 1. The van der Waals surface area contributed by atoms with Crippen LogP contribution in [0.1, 0.15) is 52.4 Å². The Morgan fingerprint density at radius 3 is 2.69 bits per heavy atom. The van der Waals surface area contributed by atoms with Crippen LogP contribution in [0.3, 0.4) is 0 Å². The number of benzene rings is 3. The minimum atomic E-state index is -0.398. The van der Waals surface area contributed by atoms with Gasteiger partial charge in [-0.1, -0.05) is 49.2 Å². The number of carbonyl (C=O) groups excluding carboxylic acids is 1. The number of hydrogen-bond acceptors (Lipinski definition) is 1. The summed E-state index contributed by atoms with van der Waals surface area (Å²) < 4.78 is 2.31. The molecule has 0 fully saturated rings. The lowest BCUT2D eigenvalue weighted by atomic mass is 10.0. The molecule has 3 aromatic carbocycles. The van der Waals surface area contributed by atoms with Crippen molar-refractivity contribution in [2.75, 3.05) is 0 Å². The van der Waals surface area contributed by atoms with Crippen molar-refractivity contribution in [1.82, 2.24) is 4.57 Å². The van der Waals surface area contributed by atoms with E-state index < -0.39 is 5.91 Å². The van der Waals surface area contributed by atoms with E-state index in [-0.39, 0.29) is 0 Å². The Hall–Kier alpha value is -3.07. The highest BCUT2D eigenvalue weighted by atomic mass is 16.1. The van der Waals surface area contributed by atoms with E-state index in [1.54, 1.807) is 0 Å². The summed E-state index contributed by atoms with van der Waals surface area (Å²) >= 11 is 0. The lowest BCUT2D eigenvalue weighted by Crippen LogP contribution is -2.11. The summed E-state index contributed by atoms with van der Waals surface area (Å²) in [4.78, 5) is 12.1. The number of unbranched alkanes of at least 4 members (excludes halogenated alkanes) is 1. The highest BCUT2D eigenvalue weighted by molar-refractivity contribution is 6.17. The smallest absolute Gasteiger partial charge is 0.249 e. The quantitative estimate of drug-likeness (QED) is 0.456. The Morgan fingerprint density at radius 1 is 1.10 bits per heavy atom. The van der Waals surface area contributed by atoms with Crippen molar-refractivity contribution in [3.05, 3.63) is 82.4 Å². The average Bonchev–Trinajstić information content (AvgIpc) is 3.02. The average molecular weight is 384 g/mol. The standard InChI is InChI=1S/C26H27N2O/c1-4-5-7-19-12-13-21-24(15-19)28(16-20-14-17(2)10-11-18(20)3)23-9-6-8-22(25(21)23)26(27)29/h6,8-12,14-15H,4-5,7,16H2,1-3H3,(H2,27,29). The van der Waals surface area contributed by atoms with Gasteiger partial charge < -0.3 is 10.3 Å². The van der Waals surface area contributed by atoms with E-state index in [4.69, 9.17) is 5.73 Å². The van der Waals surface area contributed by atoms with Gasteiger partial charge in [0, 0.05) is 22.9 Å². The molecule has 1 radical (unpaired) electrons. The van der Waals surface area contributed by atoms with Gasteiger partial charge in [-0.25, -0.2) is 0 Å². The largest absolute Gasteiger partial charge is 0.366 e. The highest BCUT2D eigenvalue weighted by Gasteiger charge is 2.17. The van der Waals surface area contributed by atoms with Gasteiger partial charge in [0.05, 0.1) is 11.0 Å². The molecule has 1 heterocycles. The molecule has 0 saturated heterocycles. The first-order valence-electron chi connectivity index (χ1n) is 10.3. The molecule has 0 spiro atoms. The summed E-state index contributed by atoms with van der Waals surface area (Å²) in [6.07, 6.45) is 3.36. The number of hydrogen-bond donors (Lipinski definition) is 1. The minimum absolute atomic E-state index is 0.398. The van der Waals surface area contributed by atoms with E-state index in [1.165, 1.54) is 22.3 Å². The monoisotopic (exact) mass is 383 g/mol. The molecule has 0 aliphatic carbocycles. The highest BCUT2D eigenvalue weighted by Crippen LogP contribution is 2.33.